The molecule has 0 spiro atoms. The third-order valence-corrected chi connectivity index (χ3v) is 6.47. The van der Waals surface area contributed by atoms with Gasteiger partial charge in [-0.2, -0.15) is 5.10 Å². The molecule has 0 aromatic carbocycles. The topological polar surface area (TPSA) is 51.0 Å². The Kier molecular flexibility index (Phi) is 3.41. The summed E-state index contributed by atoms with van der Waals surface area (Å²) in [5.41, 5.74) is 3.70. The fraction of sp³-hybridized carbons (Fsp3) is 0.650. The summed E-state index contributed by atoms with van der Waals surface area (Å²) in [6, 6.07) is 2.53. The Morgan fingerprint density at radius 3 is 2.76 bits per heavy atom. The van der Waals surface area contributed by atoms with Gasteiger partial charge in [-0.15, -0.1) is 0 Å². The predicted octanol–water partition coefficient (Wildman–Crippen LogP) is 3.56. The lowest BCUT2D eigenvalue weighted by Crippen LogP contribution is -2.46. The molecule has 1 amide bonds. The number of aryl methyl sites for hydroxylation is 2. The number of fused-ring (bicyclic) bond motifs is 2. The number of nitrogens with zero attached hydrogens (tertiary/aromatic N) is 4. The molecular weight excluding hydrogens is 312 g/mol. The molecule has 5 rings (SSSR count). The van der Waals surface area contributed by atoms with Crippen LogP contribution in [0.3, 0.4) is 0 Å². The van der Waals surface area contributed by atoms with Crippen LogP contribution in [0.5, 0.6) is 0 Å². The van der Waals surface area contributed by atoms with Crippen LogP contribution < -0.4 is 0 Å². The Labute approximate surface area is 148 Å². The Balaban J connectivity index is 1.62. The van der Waals surface area contributed by atoms with E-state index < -0.39 is 0 Å². The van der Waals surface area contributed by atoms with Crippen molar-refractivity contribution in [2.24, 2.45) is 13.0 Å². The van der Waals surface area contributed by atoms with Crippen LogP contribution in [0, 0.1) is 12.8 Å². The first-order chi connectivity index (χ1) is 12.1. The predicted molar refractivity (Wildman–Crippen MR) is 96.6 cm³/mol. The zero-order chi connectivity index (χ0) is 17.1. The minimum absolute atomic E-state index is 0.210. The fourth-order valence-electron chi connectivity index (χ4n) is 5.08. The van der Waals surface area contributed by atoms with E-state index in [9.17, 15) is 4.79 Å². The van der Waals surface area contributed by atoms with Crippen LogP contribution in [0.4, 0.5) is 0 Å². The molecule has 2 saturated carbocycles. The SMILES string of the molecule is Cc1nn(C)c2nc(C3CC3)cc(C(=O)N3CCC[C@H]4CCC[C@H]43)c12. The molecule has 5 heteroatoms. The molecule has 0 radical (unpaired) electrons. The standard InChI is InChI=1S/C20H26N4O/c1-12-18-15(11-16(13-8-9-13)21-19(18)23(2)22-12)20(25)24-10-4-6-14-5-3-7-17(14)24/h11,13-14,17H,3-10H2,1-2H3/t14-,17-/m1/s1. The van der Waals surface area contributed by atoms with E-state index in [-0.39, 0.29) is 5.91 Å². The van der Waals surface area contributed by atoms with E-state index in [1.807, 2.05) is 18.7 Å². The van der Waals surface area contributed by atoms with Crippen LogP contribution in [-0.2, 0) is 7.05 Å². The minimum atomic E-state index is 0.210. The summed E-state index contributed by atoms with van der Waals surface area (Å²) in [7, 11) is 1.93. The summed E-state index contributed by atoms with van der Waals surface area (Å²) >= 11 is 0. The molecule has 2 aliphatic carbocycles. The lowest BCUT2D eigenvalue weighted by Gasteiger charge is -2.38. The van der Waals surface area contributed by atoms with Gasteiger partial charge in [-0.05, 0) is 57.4 Å². The number of hydrogen-bond donors (Lipinski definition) is 0. The van der Waals surface area contributed by atoms with Crippen molar-refractivity contribution in [1.29, 1.82) is 0 Å². The average Bonchev–Trinajstić information content (AvgIpc) is 3.28. The van der Waals surface area contributed by atoms with Gasteiger partial charge in [-0.1, -0.05) is 6.42 Å². The van der Waals surface area contributed by atoms with E-state index in [0.29, 0.717) is 17.9 Å². The number of carbonyl (C=O) groups excluding carboxylic acids is 1. The Hall–Kier alpha value is -1.91. The van der Waals surface area contributed by atoms with Gasteiger partial charge >= 0.3 is 0 Å². The van der Waals surface area contributed by atoms with Crippen molar-refractivity contribution in [3.05, 3.63) is 23.0 Å². The molecule has 1 saturated heterocycles. The van der Waals surface area contributed by atoms with Crippen LogP contribution in [-0.4, -0.2) is 38.2 Å². The van der Waals surface area contributed by atoms with Gasteiger partial charge in [-0.25, -0.2) is 4.98 Å². The number of rotatable bonds is 2. The van der Waals surface area contributed by atoms with E-state index in [1.165, 1.54) is 38.5 Å². The highest BCUT2D eigenvalue weighted by Gasteiger charge is 2.38. The maximum atomic E-state index is 13.6. The molecule has 3 fully saturated rings. The van der Waals surface area contributed by atoms with Gasteiger partial charge in [0.05, 0.1) is 16.6 Å². The molecule has 3 heterocycles. The Bertz CT molecular complexity index is 851. The summed E-state index contributed by atoms with van der Waals surface area (Å²) in [5.74, 6) is 1.46. The van der Waals surface area contributed by atoms with Crippen LogP contribution in [0.1, 0.15) is 72.6 Å². The molecule has 2 aromatic rings. The van der Waals surface area contributed by atoms with Crippen molar-refractivity contribution in [2.45, 2.75) is 63.8 Å². The molecule has 25 heavy (non-hydrogen) atoms. The maximum Gasteiger partial charge on any atom is 0.254 e. The summed E-state index contributed by atoms with van der Waals surface area (Å²) in [5, 5.41) is 5.50. The Morgan fingerprint density at radius 2 is 1.96 bits per heavy atom. The third-order valence-electron chi connectivity index (χ3n) is 6.47. The fourth-order valence-corrected chi connectivity index (χ4v) is 5.08. The first-order valence-electron chi connectivity index (χ1n) is 9.78. The van der Waals surface area contributed by atoms with Crippen LogP contribution in [0.25, 0.3) is 11.0 Å². The van der Waals surface area contributed by atoms with Gasteiger partial charge in [0.1, 0.15) is 0 Å². The number of aromatic nitrogens is 3. The van der Waals surface area contributed by atoms with Gasteiger partial charge in [0.2, 0.25) is 0 Å². The largest absolute Gasteiger partial charge is 0.335 e. The summed E-state index contributed by atoms with van der Waals surface area (Å²) < 4.78 is 1.84. The van der Waals surface area contributed by atoms with Gasteiger partial charge in [-0.3, -0.25) is 9.48 Å². The van der Waals surface area contributed by atoms with Crippen molar-refractivity contribution in [2.75, 3.05) is 6.54 Å². The number of hydrogen-bond acceptors (Lipinski definition) is 3. The minimum Gasteiger partial charge on any atom is -0.335 e. The number of pyridine rings is 1. The van der Waals surface area contributed by atoms with Crippen molar-refractivity contribution >= 4 is 16.9 Å². The van der Waals surface area contributed by atoms with Crippen LogP contribution in [0.2, 0.25) is 0 Å². The summed E-state index contributed by atoms with van der Waals surface area (Å²) in [6.07, 6.45) is 8.55. The van der Waals surface area contributed by atoms with Crippen molar-refractivity contribution in [3.8, 4) is 0 Å². The zero-order valence-corrected chi connectivity index (χ0v) is 15.2. The van der Waals surface area contributed by atoms with Crippen molar-refractivity contribution in [3.63, 3.8) is 0 Å². The van der Waals surface area contributed by atoms with Crippen LogP contribution >= 0.6 is 0 Å². The van der Waals surface area contributed by atoms with E-state index in [0.717, 1.165) is 41.0 Å². The smallest absolute Gasteiger partial charge is 0.254 e. The monoisotopic (exact) mass is 338 g/mol. The maximum absolute atomic E-state index is 13.6. The second-order valence-electron chi connectivity index (χ2n) is 8.18. The molecule has 132 valence electrons. The van der Waals surface area contributed by atoms with Crippen molar-refractivity contribution in [1.82, 2.24) is 19.7 Å². The molecule has 1 aliphatic heterocycles. The highest BCUT2D eigenvalue weighted by atomic mass is 16.2. The number of likely N-dealkylation sites (tertiary alicyclic amines) is 1. The van der Waals surface area contributed by atoms with Gasteiger partial charge in [0.25, 0.3) is 5.91 Å². The van der Waals surface area contributed by atoms with Gasteiger partial charge < -0.3 is 4.90 Å². The van der Waals surface area contributed by atoms with Gasteiger partial charge in [0.15, 0.2) is 5.65 Å². The van der Waals surface area contributed by atoms with Crippen LogP contribution in [0.15, 0.2) is 6.07 Å². The van der Waals surface area contributed by atoms with E-state index in [1.54, 1.807) is 0 Å². The lowest BCUT2D eigenvalue weighted by atomic mass is 9.91. The highest BCUT2D eigenvalue weighted by Crippen LogP contribution is 2.42. The molecule has 0 bridgehead atoms. The second kappa shape index (κ2) is 5.55. The molecule has 3 aliphatic rings. The number of amides is 1. The summed E-state index contributed by atoms with van der Waals surface area (Å²) in [6.45, 7) is 2.90. The highest BCUT2D eigenvalue weighted by molar-refractivity contribution is 6.06. The first-order valence-corrected chi connectivity index (χ1v) is 9.78. The van der Waals surface area contributed by atoms with Crippen molar-refractivity contribution < 1.29 is 4.79 Å². The molecule has 5 nitrogen and oxygen atoms in total. The average molecular weight is 338 g/mol. The number of carbonyl (C=O) groups is 1. The number of piperidine rings is 1. The van der Waals surface area contributed by atoms with E-state index in [2.05, 4.69) is 16.1 Å². The summed E-state index contributed by atoms with van der Waals surface area (Å²) in [4.78, 5) is 20.6. The molecular formula is C20H26N4O. The first kappa shape index (κ1) is 15.4. The second-order valence-corrected chi connectivity index (χ2v) is 8.18. The van der Waals surface area contributed by atoms with E-state index >= 15 is 0 Å². The van der Waals surface area contributed by atoms with E-state index in [4.69, 9.17) is 4.98 Å². The molecule has 0 unspecified atom stereocenters. The quantitative estimate of drug-likeness (QED) is 0.841. The molecule has 2 atom stereocenters. The third kappa shape index (κ3) is 2.39. The molecule has 0 N–H and O–H groups in total. The zero-order valence-electron chi connectivity index (χ0n) is 15.2. The molecule has 2 aromatic heterocycles. The lowest BCUT2D eigenvalue weighted by molar-refractivity contribution is 0.0550. The Morgan fingerprint density at radius 1 is 1.16 bits per heavy atom. The normalized spacial score (nSPS) is 26.2. The van der Waals surface area contributed by atoms with Gasteiger partial charge in [0, 0.05) is 31.2 Å².